The van der Waals surface area contributed by atoms with Crippen molar-refractivity contribution < 1.29 is 4.79 Å². The number of hydrogen-bond acceptors (Lipinski definition) is 7. The highest BCUT2D eigenvalue weighted by Crippen LogP contribution is 2.27. The number of nitrogens with two attached hydrogens (primary N) is 1. The summed E-state index contributed by atoms with van der Waals surface area (Å²) in [4.78, 5) is 17.5. The zero-order chi connectivity index (χ0) is 14.7. The van der Waals surface area contributed by atoms with Gasteiger partial charge in [0.15, 0.2) is 5.82 Å². The second-order valence-electron chi connectivity index (χ2n) is 4.62. The van der Waals surface area contributed by atoms with Crippen LogP contribution in [-0.2, 0) is 6.54 Å². The lowest BCUT2D eigenvalue weighted by molar-refractivity contribution is 0.0945. The number of rotatable bonds is 5. The number of carbonyl (C=O) groups is 1. The minimum Gasteiger partial charge on any atom is -0.382 e. The van der Waals surface area contributed by atoms with Gasteiger partial charge in [0.2, 0.25) is 0 Å². The second-order valence-corrected chi connectivity index (χ2v) is 6.71. The van der Waals surface area contributed by atoms with Gasteiger partial charge in [0.05, 0.1) is 6.54 Å². The molecule has 0 aliphatic heterocycles. The summed E-state index contributed by atoms with van der Waals surface area (Å²) in [5.74, 6) is 0.0510. The van der Waals surface area contributed by atoms with E-state index in [0.29, 0.717) is 17.1 Å². The SMILES string of the molecule is Cc1cnc(CNc2snc(N)c2C(=O)NC(C)C)s1. The Morgan fingerprint density at radius 2 is 2.25 bits per heavy atom. The Hall–Kier alpha value is -1.67. The van der Waals surface area contributed by atoms with Crippen LogP contribution in [0.2, 0.25) is 0 Å². The first-order valence-corrected chi connectivity index (χ1v) is 7.77. The average Bonchev–Trinajstić information content (AvgIpc) is 2.92. The summed E-state index contributed by atoms with van der Waals surface area (Å²) >= 11 is 2.81. The molecule has 0 saturated carbocycles. The maximum Gasteiger partial charge on any atom is 0.258 e. The lowest BCUT2D eigenvalue weighted by Crippen LogP contribution is -2.30. The minimum atomic E-state index is -0.205. The molecule has 0 aliphatic rings. The highest BCUT2D eigenvalue weighted by molar-refractivity contribution is 7.12. The summed E-state index contributed by atoms with van der Waals surface area (Å²) < 4.78 is 4.04. The van der Waals surface area contributed by atoms with Gasteiger partial charge >= 0.3 is 0 Å². The van der Waals surface area contributed by atoms with Crippen LogP contribution in [-0.4, -0.2) is 21.3 Å². The van der Waals surface area contributed by atoms with E-state index in [1.807, 2.05) is 27.0 Å². The number of hydrogen-bond donors (Lipinski definition) is 3. The van der Waals surface area contributed by atoms with Gasteiger partial charge in [-0.05, 0) is 32.3 Å². The van der Waals surface area contributed by atoms with Gasteiger partial charge in [0.25, 0.3) is 5.91 Å². The number of nitrogens with zero attached hydrogens (tertiary/aromatic N) is 2. The molecule has 0 spiro atoms. The minimum absolute atomic E-state index is 0.0521. The summed E-state index contributed by atoms with van der Waals surface area (Å²) in [6.45, 7) is 6.37. The Kier molecular flexibility index (Phi) is 4.56. The molecule has 2 rings (SSSR count). The highest BCUT2D eigenvalue weighted by atomic mass is 32.1. The molecule has 0 saturated heterocycles. The Morgan fingerprint density at radius 3 is 2.85 bits per heavy atom. The van der Waals surface area contributed by atoms with Crippen molar-refractivity contribution in [3.63, 3.8) is 0 Å². The molecular weight excluding hydrogens is 294 g/mol. The van der Waals surface area contributed by atoms with E-state index in [-0.39, 0.29) is 17.8 Å². The second kappa shape index (κ2) is 6.19. The first-order valence-electron chi connectivity index (χ1n) is 6.18. The molecule has 0 atom stereocenters. The maximum atomic E-state index is 12.1. The fourth-order valence-electron chi connectivity index (χ4n) is 1.62. The van der Waals surface area contributed by atoms with Crippen LogP contribution in [0.15, 0.2) is 6.20 Å². The summed E-state index contributed by atoms with van der Waals surface area (Å²) in [5.41, 5.74) is 6.19. The van der Waals surface area contributed by atoms with E-state index in [4.69, 9.17) is 5.73 Å². The number of nitrogen functional groups attached to an aromatic ring is 1. The van der Waals surface area contributed by atoms with Crippen molar-refractivity contribution in [1.29, 1.82) is 0 Å². The average molecular weight is 311 g/mol. The Morgan fingerprint density at radius 1 is 1.50 bits per heavy atom. The zero-order valence-corrected chi connectivity index (χ0v) is 13.2. The van der Waals surface area contributed by atoms with Crippen molar-refractivity contribution in [3.8, 4) is 0 Å². The lowest BCUT2D eigenvalue weighted by Gasteiger charge is -2.09. The maximum absolute atomic E-state index is 12.1. The van der Waals surface area contributed by atoms with Crippen LogP contribution in [0.25, 0.3) is 0 Å². The molecule has 0 bridgehead atoms. The van der Waals surface area contributed by atoms with E-state index in [9.17, 15) is 4.79 Å². The van der Waals surface area contributed by atoms with Crippen LogP contribution in [0.5, 0.6) is 0 Å². The van der Waals surface area contributed by atoms with Gasteiger partial charge in [-0.1, -0.05) is 0 Å². The number of amides is 1. The van der Waals surface area contributed by atoms with Gasteiger partial charge in [0, 0.05) is 17.1 Å². The molecule has 0 aromatic carbocycles. The fourth-order valence-corrected chi connectivity index (χ4v) is 3.05. The van der Waals surface area contributed by atoms with Crippen LogP contribution < -0.4 is 16.4 Å². The van der Waals surface area contributed by atoms with Crippen molar-refractivity contribution in [1.82, 2.24) is 14.7 Å². The van der Waals surface area contributed by atoms with Crippen molar-refractivity contribution >= 4 is 39.6 Å². The highest BCUT2D eigenvalue weighted by Gasteiger charge is 2.19. The van der Waals surface area contributed by atoms with E-state index in [2.05, 4.69) is 20.0 Å². The standard InChI is InChI=1S/C12H17N5OS2/c1-6(2)16-11(18)9-10(13)17-20-12(9)15-5-8-14-4-7(3)19-8/h4,6,15H,5H2,1-3H3,(H2,13,17)(H,16,18). The largest absolute Gasteiger partial charge is 0.382 e. The van der Waals surface area contributed by atoms with Crippen molar-refractivity contribution in [2.45, 2.75) is 33.4 Å². The molecule has 0 unspecified atom stereocenters. The first-order chi connectivity index (χ1) is 9.47. The normalized spacial score (nSPS) is 10.8. The number of carbonyl (C=O) groups excluding carboxylic acids is 1. The Bertz CT molecular complexity index is 605. The molecule has 0 aliphatic carbocycles. The van der Waals surface area contributed by atoms with Gasteiger partial charge in [-0.25, -0.2) is 4.98 Å². The van der Waals surface area contributed by atoms with Gasteiger partial charge in [-0.15, -0.1) is 11.3 Å². The molecule has 2 aromatic heterocycles. The Balaban J connectivity index is 2.10. The molecule has 108 valence electrons. The van der Waals surface area contributed by atoms with E-state index < -0.39 is 0 Å². The van der Waals surface area contributed by atoms with Crippen LogP contribution in [0.4, 0.5) is 10.8 Å². The predicted molar refractivity (Wildman–Crippen MR) is 83.3 cm³/mol. The first kappa shape index (κ1) is 14.7. The molecule has 8 heteroatoms. The van der Waals surface area contributed by atoms with Gasteiger partial charge < -0.3 is 16.4 Å². The molecule has 4 N–H and O–H groups in total. The van der Waals surface area contributed by atoms with Crippen LogP contribution in [0.1, 0.15) is 34.1 Å². The lowest BCUT2D eigenvalue weighted by atomic mass is 10.2. The van der Waals surface area contributed by atoms with E-state index >= 15 is 0 Å². The molecule has 1 amide bonds. The number of anilines is 2. The summed E-state index contributed by atoms with van der Waals surface area (Å²) in [5, 5.41) is 7.64. The number of thiazole rings is 1. The van der Waals surface area contributed by atoms with Crippen molar-refractivity contribution in [2.75, 3.05) is 11.1 Å². The van der Waals surface area contributed by atoms with Crippen LogP contribution >= 0.6 is 22.9 Å². The molecule has 2 aromatic rings. The molecule has 2 heterocycles. The van der Waals surface area contributed by atoms with Gasteiger partial charge in [-0.2, -0.15) is 4.37 Å². The number of aryl methyl sites for hydroxylation is 1. The molecule has 6 nitrogen and oxygen atoms in total. The van der Waals surface area contributed by atoms with Crippen molar-refractivity contribution in [3.05, 3.63) is 21.6 Å². The Labute approximate surface area is 125 Å². The zero-order valence-electron chi connectivity index (χ0n) is 11.6. The third-order valence-corrected chi connectivity index (χ3v) is 4.17. The summed E-state index contributed by atoms with van der Waals surface area (Å²) in [6, 6.07) is 0.0521. The quantitative estimate of drug-likeness (QED) is 0.787. The monoisotopic (exact) mass is 311 g/mol. The fraction of sp³-hybridized carbons (Fsp3) is 0.417. The molecule has 20 heavy (non-hydrogen) atoms. The van der Waals surface area contributed by atoms with E-state index in [1.165, 1.54) is 11.5 Å². The van der Waals surface area contributed by atoms with Crippen molar-refractivity contribution in [2.24, 2.45) is 0 Å². The smallest absolute Gasteiger partial charge is 0.258 e. The summed E-state index contributed by atoms with van der Waals surface area (Å²) in [7, 11) is 0. The van der Waals surface area contributed by atoms with E-state index in [1.54, 1.807) is 11.3 Å². The topological polar surface area (TPSA) is 92.9 Å². The number of nitrogens with one attached hydrogen (secondary N) is 2. The molecule has 0 radical (unpaired) electrons. The number of aromatic nitrogens is 2. The van der Waals surface area contributed by atoms with Crippen LogP contribution in [0.3, 0.4) is 0 Å². The predicted octanol–water partition coefficient (Wildman–Crippen LogP) is 2.24. The third kappa shape index (κ3) is 3.45. The summed E-state index contributed by atoms with van der Waals surface area (Å²) in [6.07, 6.45) is 1.83. The third-order valence-electron chi connectivity index (χ3n) is 2.43. The molecule has 0 fully saturated rings. The molecular formula is C12H17N5OS2. The van der Waals surface area contributed by atoms with Gasteiger partial charge in [-0.3, -0.25) is 4.79 Å². The van der Waals surface area contributed by atoms with Crippen LogP contribution in [0, 0.1) is 6.92 Å². The van der Waals surface area contributed by atoms with E-state index in [0.717, 1.165) is 9.88 Å². The van der Waals surface area contributed by atoms with Gasteiger partial charge in [0.1, 0.15) is 15.6 Å².